The number of nitro benzene ring substituents is 2. The first-order chi connectivity index (χ1) is 15.5. The average molecular weight is 697 g/mol. The summed E-state index contributed by atoms with van der Waals surface area (Å²) < 4.78 is 96.6. The Balaban J connectivity index is -0.000000516. The number of rotatable bonds is 5. The van der Waals surface area contributed by atoms with Gasteiger partial charge in [0.25, 0.3) is 21.5 Å². The van der Waals surface area contributed by atoms with Crippen molar-refractivity contribution in [1.29, 1.82) is 0 Å². The van der Waals surface area contributed by atoms with Crippen LogP contribution in [0, 0.1) is 20.2 Å². The van der Waals surface area contributed by atoms with Gasteiger partial charge in [0.05, 0.1) is 30.8 Å². The van der Waals surface area contributed by atoms with Crippen LogP contribution in [0.4, 0.5) is 11.4 Å². The third-order valence-corrected chi connectivity index (χ3v) is 4.70. The second kappa shape index (κ2) is 15.4. The predicted octanol–water partition coefficient (Wildman–Crippen LogP) is 3.11. The van der Waals surface area contributed by atoms with Crippen molar-refractivity contribution in [3.8, 4) is 0 Å². The summed E-state index contributed by atoms with van der Waals surface area (Å²) in [5, 5.41) is 20.5. The van der Waals surface area contributed by atoms with Crippen LogP contribution >= 0.6 is 22.6 Å². The zero-order valence-electron chi connectivity index (χ0n) is 20.1. The van der Waals surface area contributed by atoms with Gasteiger partial charge in [-0.05, 0) is 29.1 Å². The van der Waals surface area contributed by atoms with Crippen LogP contribution in [0.3, 0.4) is 0 Å². The molecule has 0 aliphatic carbocycles. The van der Waals surface area contributed by atoms with Crippen molar-refractivity contribution in [2.75, 3.05) is 11.9 Å². The SMILES string of the molecule is C.O=[N+]([O-])c1ccc(S(=O)(=O)[O-])cc1.[3H]C([3H])([3H])I.[3H]C([3H])([3H])OS(=O)(=O)c1ccc([N+](=O)[O-])cc1.[Ag+]. The van der Waals surface area contributed by atoms with E-state index in [0.717, 1.165) is 48.5 Å². The van der Waals surface area contributed by atoms with Gasteiger partial charge in [0.2, 0.25) is 0 Å². The minimum atomic E-state index is -4.52. The van der Waals surface area contributed by atoms with E-state index in [9.17, 15) is 41.6 Å². The van der Waals surface area contributed by atoms with Crippen molar-refractivity contribution in [1.82, 2.24) is 0 Å². The Hall–Kier alpha value is -1.47. The number of halogens is 1. The van der Waals surface area contributed by atoms with Gasteiger partial charge in [-0.2, -0.15) is 8.42 Å². The first kappa shape index (κ1) is 22.7. The van der Waals surface area contributed by atoms with Gasteiger partial charge in [-0.15, -0.1) is 0 Å². The van der Waals surface area contributed by atoms with Crippen LogP contribution in [-0.4, -0.2) is 43.1 Å². The van der Waals surface area contributed by atoms with Gasteiger partial charge in [0, 0.05) is 28.4 Å². The summed E-state index contributed by atoms with van der Waals surface area (Å²) in [6.07, 6.45) is 0. The first-order valence-electron chi connectivity index (χ1n) is 9.62. The molecule has 2 aromatic rings. The molecular weight excluding hydrogens is 667 g/mol. The van der Waals surface area contributed by atoms with Crippen molar-refractivity contribution in [2.45, 2.75) is 17.2 Å². The summed E-state index contributed by atoms with van der Waals surface area (Å²) in [7, 11) is -12.1. The largest absolute Gasteiger partial charge is 1.00 e. The Labute approximate surface area is 217 Å². The fourth-order valence-electron chi connectivity index (χ4n) is 1.52. The van der Waals surface area contributed by atoms with Crippen LogP contribution in [0.5, 0.6) is 0 Å². The molecule has 0 radical (unpaired) electrons. The molecule has 16 heteroatoms. The van der Waals surface area contributed by atoms with Crippen LogP contribution in [0.2, 0.25) is 0 Å². The first-order valence-corrected chi connectivity index (χ1v) is 10.5. The molecule has 2 rings (SSSR count). The smallest absolute Gasteiger partial charge is 0.744 e. The Morgan fingerprint density at radius 1 is 0.871 bits per heavy atom. The van der Waals surface area contributed by atoms with Gasteiger partial charge in [-0.25, -0.2) is 8.42 Å². The number of hydrogen-bond acceptors (Lipinski definition) is 10. The molecule has 2 aromatic carbocycles. The molecule has 31 heavy (non-hydrogen) atoms. The molecule has 0 spiro atoms. The summed E-state index contributed by atoms with van der Waals surface area (Å²) in [6, 6.07) is 7.42. The number of alkyl halides is 1. The second-order valence-corrected chi connectivity index (χ2v) is 7.42. The monoisotopic (exact) mass is 696 g/mol. The van der Waals surface area contributed by atoms with E-state index < -0.39 is 51.8 Å². The molecular formula is C15H18AgIN2O10S2. The van der Waals surface area contributed by atoms with Crippen LogP contribution in [0.15, 0.2) is 58.3 Å². The van der Waals surface area contributed by atoms with E-state index in [2.05, 4.69) is 4.18 Å². The zero-order chi connectivity index (χ0) is 27.8. The fourth-order valence-corrected chi connectivity index (χ4v) is 2.55. The van der Waals surface area contributed by atoms with Gasteiger partial charge in [0.1, 0.15) is 10.1 Å². The van der Waals surface area contributed by atoms with Crippen molar-refractivity contribution in [3.05, 3.63) is 68.8 Å². The Kier molecular flexibility index (Phi) is 11.2. The number of non-ortho nitro benzene ring substituents is 2. The number of nitrogens with zero attached hydrogens (tertiary/aromatic N) is 2. The van der Waals surface area contributed by atoms with Gasteiger partial charge >= 0.3 is 22.4 Å². The number of nitro groups is 2. The van der Waals surface area contributed by atoms with Crippen LogP contribution in [0.25, 0.3) is 0 Å². The second-order valence-electron chi connectivity index (χ2n) is 4.49. The topological polar surface area (TPSA) is 187 Å². The maximum Gasteiger partial charge on any atom is 1.00 e. The van der Waals surface area contributed by atoms with E-state index >= 15 is 0 Å². The summed E-state index contributed by atoms with van der Waals surface area (Å²) in [6.45, 7) is 0. The minimum absolute atomic E-state index is 0. The van der Waals surface area contributed by atoms with E-state index in [4.69, 9.17) is 8.22 Å². The normalized spacial score (nSPS) is 13.6. The zero-order valence-corrected chi connectivity index (χ0v) is 19.4. The molecule has 12 nitrogen and oxygen atoms in total. The maximum absolute atomic E-state index is 11.4. The minimum Gasteiger partial charge on any atom is -0.744 e. The van der Waals surface area contributed by atoms with E-state index in [1.165, 1.54) is 22.6 Å². The van der Waals surface area contributed by atoms with Crippen LogP contribution < -0.4 is 0 Å². The molecule has 0 atom stereocenters. The van der Waals surface area contributed by atoms with Crippen LogP contribution in [0.1, 0.15) is 15.7 Å². The van der Waals surface area contributed by atoms with Gasteiger partial charge < -0.3 is 4.55 Å². The number of benzene rings is 2. The number of hydrogen-bond donors (Lipinski definition) is 0. The molecule has 0 fully saturated rings. The van der Waals surface area contributed by atoms with Gasteiger partial charge in [-0.3, -0.25) is 24.4 Å². The van der Waals surface area contributed by atoms with E-state index in [-0.39, 0.29) is 41.2 Å². The quantitative estimate of drug-likeness (QED) is 0.0855. The van der Waals surface area contributed by atoms with Crippen molar-refractivity contribution in [3.63, 3.8) is 0 Å². The maximum atomic E-state index is 11.4. The Morgan fingerprint density at radius 3 is 1.45 bits per heavy atom. The summed E-state index contributed by atoms with van der Waals surface area (Å²) in [5.41, 5.74) is -0.565. The molecule has 0 aromatic heterocycles. The van der Waals surface area contributed by atoms with E-state index in [1.807, 2.05) is 0 Å². The van der Waals surface area contributed by atoms with Crippen molar-refractivity contribution < 1.29 is 66.0 Å². The van der Waals surface area contributed by atoms with Gasteiger partial charge in [-0.1, -0.05) is 30.0 Å². The fraction of sp³-hybridized carbons (Fsp3) is 0.200. The summed E-state index contributed by atoms with van der Waals surface area (Å²) in [4.78, 5) is 16.4. The Bertz CT molecular complexity index is 1230. The molecule has 0 N–H and O–H groups in total. The van der Waals surface area contributed by atoms with Gasteiger partial charge in [0.15, 0.2) is 0 Å². The van der Waals surface area contributed by atoms with Crippen molar-refractivity contribution in [2.24, 2.45) is 0 Å². The standard InChI is InChI=1S/C7H7NO5S.C6H5NO5S.CH3I.CH4.Ag/c1-13-14(11,12)7-4-2-6(3-5-7)8(9)10;8-7(9)5-1-3-6(4-2-5)13(10,11)12;1-2;;/h2-5H,1H3;1-4H,(H,10,11,12);1H3;1H4;/q;;;;+1/p-1/i1T3;;1T3;;. The molecule has 0 bridgehead atoms. The molecule has 0 saturated carbocycles. The van der Waals surface area contributed by atoms with Crippen molar-refractivity contribution >= 4 is 54.2 Å². The van der Waals surface area contributed by atoms with E-state index in [1.54, 1.807) is 0 Å². The predicted molar refractivity (Wildman–Crippen MR) is 115 cm³/mol. The molecule has 0 aliphatic heterocycles. The third kappa shape index (κ3) is 11.6. The summed E-state index contributed by atoms with van der Waals surface area (Å²) in [5.74, 6) is 0. The average Bonchev–Trinajstić information content (AvgIpc) is 2.65. The van der Waals surface area contributed by atoms with Crippen LogP contribution in [-0.2, 0) is 46.8 Å². The third-order valence-electron chi connectivity index (χ3n) is 2.78. The summed E-state index contributed by atoms with van der Waals surface area (Å²) >= 11 is 1.38. The molecule has 0 saturated heterocycles. The molecule has 0 amide bonds. The molecule has 178 valence electrons. The molecule has 0 heterocycles. The Morgan fingerprint density at radius 2 is 1.19 bits per heavy atom. The molecule has 0 aliphatic rings. The molecule has 0 unspecified atom stereocenters. The van der Waals surface area contributed by atoms with E-state index in [0.29, 0.717) is 0 Å².